The normalized spacial score (nSPS) is 19.6. The molecule has 0 aromatic heterocycles. The van der Waals surface area contributed by atoms with Crippen LogP contribution < -0.4 is 0 Å². The molecule has 136 valence electrons. The van der Waals surface area contributed by atoms with E-state index >= 15 is 0 Å². The van der Waals surface area contributed by atoms with Crippen molar-refractivity contribution in [3.63, 3.8) is 0 Å². The van der Waals surface area contributed by atoms with Gasteiger partial charge in [0.1, 0.15) is 5.57 Å². The lowest BCUT2D eigenvalue weighted by Gasteiger charge is -2.19. The molecule has 0 N–H and O–H groups in total. The van der Waals surface area contributed by atoms with E-state index in [0.717, 1.165) is 24.2 Å². The molecule has 1 fully saturated rings. The highest BCUT2D eigenvalue weighted by Crippen LogP contribution is 2.41. The van der Waals surface area contributed by atoms with Gasteiger partial charge in [0.25, 0.3) is 0 Å². The van der Waals surface area contributed by atoms with Gasteiger partial charge in [-0.15, -0.1) is 11.8 Å². The molecule has 0 aliphatic heterocycles. The number of hydrogen-bond acceptors (Lipinski definition) is 5. The van der Waals surface area contributed by atoms with Crippen LogP contribution in [0.15, 0.2) is 46.4 Å². The second-order valence-electron chi connectivity index (χ2n) is 6.09. The zero-order valence-electron chi connectivity index (χ0n) is 15.1. The molecule has 1 unspecified atom stereocenters. The Kier molecular flexibility index (Phi) is 7.56. The average Bonchev–Trinajstić information content (AvgIpc) is 2.95. The van der Waals surface area contributed by atoms with E-state index in [1.165, 1.54) is 4.90 Å². The molecule has 0 amide bonds. The van der Waals surface area contributed by atoms with Crippen molar-refractivity contribution >= 4 is 23.7 Å². The number of esters is 2. The number of benzene rings is 1. The predicted molar refractivity (Wildman–Crippen MR) is 99.3 cm³/mol. The lowest BCUT2D eigenvalue weighted by atomic mass is 9.93. The van der Waals surface area contributed by atoms with E-state index in [1.807, 2.05) is 18.2 Å². The molecular formula is C20H26O4S. The maximum absolute atomic E-state index is 12.4. The SMILES string of the molecule is CCOC(=O)C(C(=O)OCC)=C1CC[C@@H](C)C1CSc1ccccc1. The van der Waals surface area contributed by atoms with Crippen molar-refractivity contribution in [3.05, 3.63) is 41.5 Å². The van der Waals surface area contributed by atoms with Gasteiger partial charge in [0.2, 0.25) is 0 Å². The topological polar surface area (TPSA) is 52.6 Å². The van der Waals surface area contributed by atoms with Crippen LogP contribution in [-0.4, -0.2) is 30.9 Å². The molecule has 25 heavy (non-hydrogen) atoms. The van der Waals surface area contributed by atoms with Crippen molar-refractivity contribution in [3.8, 4) is 0 Å². The number of hydrogen-bond donors (Lipinski definition) is 0. The maximum Gasteiger partial charge on any atom is 0.345 e. The molecule has 0 radical (unpaired) electrons. The summed E-state index contributed by atoms with van der Waals surface area (Å²) in [5.41, 5.74) is 1.01. The molecule has 1 aliphatic rings. The van der Waals surface area contributed by atoms with Crippen LogP contribution in [-0.2, 0) is 19.1 Å². The van der Waals surface area contributed by atoms with Crippen LogP contribution in [0.25, 0.3) is 0 Å². The number of carbonyl (C=O) groups is 2. The number of thioether (sulfide) groups is 1. The number of ether oxygens (including phenoxy) is 2. The second-order valence-corrected chi connectivity index (χ2v) is 7.18. The minimum absolute atomic E-state index is 0.117. The first kappa shape index (κ1) is 19.6. The molecule has 4 nitrogen and oxygen atoms in total. The van der Waals surface area contributed by atoms with Gasteiger partial charge in [-0.3, -0.25) is 0 Å². The number of carbonyl (C=O) groups excluding carboxylic acids is 2. The summed E-state index contributed by atoms with van der Waals surface area (Å²) in [7, 11) is 0. The van der Waals surface area contributed by atoms with E-state index in [4.69, 9.17) is 9.47 Å². The predicted octanol–water partition coefficient (Wildman–Crippen LogP) is 4.25. The summed E-state index contributed by atoms with van der Waals surface area (Å²) in [6.45, 7) is 6.15. The average molecular weight is 362 g/mol. The summed E-state index contributed by atoms with van der Waals surface area (Å²) in [5.74, 6) is 0.321. The largest absolute Gasteiger partial charge is 0.462 e. The van der Waals surface area contributed by atoms with E-state index in [2.05, 4.69) is 19.1 Å². The van der Waals surface area contributed by atoms with Crippen LogP contribution in [0.2, 0.25) is 0 Å². The van der Waals surface area contributed by atoms with Gasteiger partial charge in [0.05, 0.1) is 13.2 Å². The zero-order valence-corrected chi connectivity index (χ0v) is 15.9. The molecule has 1 saturated carbocycles. The first-order chi connectivity index (χ1) is 12.1. The van der Waals surface area contributed by atoms with Crippen molar-refractivity contribution in [1.29, 1.82) is 0 Å². The smallest absolute Gasteiger partial charge is 0.345 e. The van der Waals surface area contributed by atoms with Gasteiger partial charge in [0, 0.05) is 10.6 Å². The van der Waals surface area contributed by atoms with E-state index in [0.29, 0.717) is 5.92 Å². The van der Waals surface area contributed by atoms with Crippen molar-refractivity contribution < 1.29 is 19.1 Å². The minimum Gasteiger partial charge on any atom is -0.462 e. The third kappa shape index (κ3) is 5.11. The lowest BCUT2D eigenvalue weighted by Crippen LogP contribution is -2.23. The van der Waals surface area contributed by atoms with Crippen LogP contribution in [0.5, 0.6) is 0 Å². The van der Waals surface area contributed by atoms with Crippen LogP contribution >= 0.6 is 11.8 Å². The van der Waals surface area contributed by atoms with Crippen LogP contribution in [0, 0.1) is 11.8 Å². The van der Waals surface area contributed by atoms with Gasteiger partial charge < -0.3 is 9.47 Å². The highest BCUT2D eigenvalue weighted by Gasteiger charge is 2.36. The first-order valence-electron chi connectivity index (χ1n) is 8.83. The quantitative estimate of drug-likeness (QED) is 0.239. The fraction of sp³-hybridized carbons (Fsp3) is 0.500. The van der Waals surface area contributed by atoms with E-state index in [-0.39, 0.29) is 24.7 Å². The van der Waals surface area contributed by atoms with Gasteiger partial charge in [-0.2, -0.15) is 0 Å². The Morgan fingerprint density at radius 2 is 1.68 bits per heavy atom. The Balaban J connectivity index is 2.26. The molecule has 2 atom stereocenters. The van der Waals surface area contributed by atoms with Gasteiger partial charge in [0.15, 0.2) is 0 Å². The molecule has 0 saturated heterocycles. The number of rotatable bonds is 7. The van der Waals surface area contributed by atoms with Gasteiger partial charge in [-0.05, 0) is 56.2 Å². The van der Waals surface area contributed by atoms with Crippen molar-refractivity contribution in [2.75, 3.05) is 19.0 Å². The van der Waals surface area contributed by atoms with Gasteiger partial charge in [-0.1, -0.05) is 25.1 Å². The Morgan fingerprint density at radius 3 is 2.24 bits per heavy atom. The Morgan fingerprint density at radius 1 is 1.08 bits per heavy atom. The zero-order chi connectivity index (χ0) is 18.2. The molecule has 1 aromatic rings. The number of allylic oxidation sites excluding steroid dienone is 1. The Hall–Kier alpha value is -1.75. The van der Waals surface area contributed by atoms with Crippen LogP contribution in [0.4, 0.5) is 0 Å². The Bertz CT molecular complexity index is 604. The van der Waals surface area contributed by atoms with Crippen molar-refractivity contribution in [1.82, 2.24) is 0 Å². The summed E-state index contributed by atoms with van der Waals surface area (Å²) in [6, 6.07) is 10.2. The summed E-state index contributed by atoms with van der Waals surface area (Å²) in [5, 5.41) is 0. The van der Waals surface area contributed by atoms with Gasteiger partial charge >= 0.3 is 11.9 Å². The molecule has 1 aromatic carbocycles. The molecule has 5 heteroatoms. The minimum atomic E-state index is -0.556. The third-order valence-electron chi connectivity index (χ3n) is 4.46. The monoisotopic (exact) mass is 362 g/mol. The molecule has 2 rings (SSSR count). The fourth-order valence-corrected chi connectivity index (χ4v) is 4.39. The fourth-order valence-electron chi connectivity index (χ4n) is 3.14. The highest BCUT2D eigenvalue weighted by molar-refractivity contribution is 7.99. The van der Waals surface area contributed by atoms with E-state index in [9.17, 15) is 9.59 Å². The molecule has 0 spiro atoms. The standard InChI is InChI=1S/C20H26O4S/c1-4-23-19(21)18(20(22)24-5-2)16-12-11-14(3)17(16)13-25-15-9-7-6-8-10-15/h6-10,14,17H,4-5,11-13H2,1-3H3/t14-,17?/m1/s1. The van der Waals surface area contributed by atoms with Crippen LogP contribution in [0.1, 0.15) is 33.6 Å². The second kappa shape index (κ2) is 9.66. The van der Waals surface area contributed by atoms with Crippen molar-refractivity contribution in [2.45, 2.75) is 38.5 Å². The Labute approximate surface area is 154 Å². The third-order valence-corrected chi connectivity index (χ3v) is 5.59. The summed E-state index contributed by atoms with van der Waals surface area (Å²) < 4.78 is 10.3. The van der Waals surface area contributed by atoms with E-state index in [1.54, 1.807) is 25.6 Å². The maximum atomic E-state index is 12.4. The lowest BCUT2D eigenvalue weighted by molar-refractivity contribution is -0.146. The molecule has 1 aliphatic carbocycles. The molecule has 0 heterocycles. The van der Waals surface area contributed by atoms with Crippen molar-refractivity contribution in [2.24, 2.45) is 11.8 Å². The highest BCUT2D eigenvalue weighted by atomic mass is 32.2. The van der Waals surface area contributed by atoms with Gasteiger partial charge in [-0.25, -0.2) is 9.59 Å². The van der Waals surface area contributed by atoms with E-state index < -0.39 is 11.9 Å². The molecular weight excluding hydrogens is 336 g/mol. The van der Waals surface area contributed by atoms with Crippen LogP contribution in [0.3, 0.4) is 0 Å². The summed E-state index contributed by atoms with van der Waals surface area (Å²) in [6.07, 6.45) is 1.71. The summed E-state index contributed by atoms with van der Waals surface area (Å²) in [4.78, 5) is 26.0. The molecule has 0 bridgehead atoms. The first-order valence-corrected chi connectivity index (χ1v) is 9.82. The summed E-state index contributed by atoms with van der Waals surface area (Å²) >= 11 is 1.75.